The van der Waals surface area contributed by atoms with Crippen molar-refractivity contribution < 1.29 is 29.4 Å². The second-order valence-electron chi connectivity index (χ2n) is 6.75. The zero-order chi connectivity index (χ0) is 23.4. The van der Waals surface area contributed by atoms with Gasteiger partial charge in [0, 0.05) is 19.9 Å². The van der Waals surface area contributed by atoms with E-state index in [1.54, 1.807) is 12.1 Å². The van der Waals surface area contributed by atoms with Crippen LogP contribution >= 0.6 is 0 Å². The molecule has 0 saturated heterocycles. The van der Waals surface area contributed by atoms with Crippen molar-refractivity contribution in [2.45, 2.75) is 38.3 Å². The maximum atomic E-state index is 12.3. The van der Waals surface area contributed by atoms with Gasteiger partial charge in [0.1, 0.15) is 17.8 Å². The van der Waals surface area contributed by atoms with Crippen molar-refractivity contribution in [2.24, 2.45) is 16.5 Å². The molecule has 170 valence electrons. The Hall–Kier alpha value is -3.83. The first-order valence-corrected chi connectivity index (χ1v) is 9.48. The van der Waals surface area contributed by atoms with Gasteiger partial charge in [0.15, 0.2) is 5.96 Å². The summed E-state index contributed by atoms with van der Waals surface area (Å²) >= 11 is 0. The molecule has 1 aromatic rings. The van der Waals surface area contributed by atoms with E-state index in [-0.39, 0.29) is 31.1 Å². The third-order valence-corrected chi connectivity index (χ3v) is 4.07. The molecule has 0 bridgehead atoms. The fourth-order valence-corrected chi connectivity index (χ4v) is 2.62. The molecular weight excluding hydrogens is 408 g/mol. The Bertz CT molecular complexity index is 807. The summed E-state index contributed by atoms with van der Waals surface area (Å²) in [6, 6.07) is 3.78. The Morgan fingerprint density at radius 3 is 2.26 bits per heavy atom. The average Bonchev–Trinajstić information content (AvgIpc) is 2.69. The van der Waals surface area contributed by atoms with Crippen molar-refractivity contribution in [3.05, 3.63) is 29.8 Å². The molecule has 1 rings (SSSR count). The lowest BCUT2D eigenvalue weighted by Crippen LogP contribution is -2.50. The third-order valence-electron chi connectivity index (χ3n) is 4.07. The lowest BCUT2D eigenvalue weighted by molar-refractivity contribution is -0.141. The van der Waals surface area contributed by atoms with Gasteiger partial charge in [-0.1, -0.05) is 12.1 Å². The first-order valence-electron chi connectivity index (χ1n) is 9.48. The molecule has 0 aliphatic heterocycles. The molecule has 0 aromatic heterocycles. The largest absolute Gasteiger partial charge is 0.508 e. The van der Waals surface area contributed by atoms with Gasteiger partial charge in [0.2, 0.25) is 17.7 Å². The van der Waals surface area contributed by atoms with Crippen LogP contribution in [0.3, 0.4) is 0 Å². The lowest BCUT2D eigenvalue weighted by atomic mass is 10.1. The first-order chi connectivity index (χ1) is 14.6. The molecule has 9 N–H and O–H groups in total. The smallest absolute Gasteiger partial charge is 0.326 e. The SMILES string of the molecule is CC(=O)NC(CCCN=C(N)N)C(=O)NCC(=O)NC(Cc1ccc(O)cc1)C(=O)O. The van der Waals surface area contributed by atoms with Crippen LogP contribution in [0.15, 0.2) is 29.3 Å². The van der Waals surface area contributed by atoms with Crippen LogP contribution in [0.5, 0.6) is 5.75 Å². The number of aliphatic carboxylic acids is 1. The summed E-state index contributed by atoms with van der Waals surface area (Å²) in [7, 11) is 0. The van der Waals surface area contributed by atoms with E-state index in [9.17, 15) is 29.4 Å². The minimum Gasteiger partial charge on any atom is -0.508 e. The van der Waals surface area contributed by atoms with E-state index < -0.39 is 42.3 Å². The van der Waals surface area contributed by atoms with Crippen LogP contribution < -0.4 is 27.4 Å². The molecule has 0 aliphatic carbocycles. The summed E-state index contributed by atoms with van der Waals surface area (Å²) in [6.45, 7) is 1.05. The normalized spacial score (nSPS) is 12.2. The molecular formula is C19H28N6O6. The van der Waals surface area contributed by atoms with Crippen molar-refractivity contribution in [3.8, 4) is 5.75 Å². The van der Waals surface area contributed by atoms with Gasteiger partial charge in [-0.15, -0.1) is 0 Å². The van der Waals surface area contributed by atoms with E-state index in [1.165, 1.54) is 19.1 Å². The van der Waals surface area contributed by atoms with Crippen LogP contribution in [-0.2, 0) is 25.6 Å². The number of rotatable bonds is 12. The second kappa shape index (κ2) is 12.7. The number of amides is 3. The van der Waals surface area contributed by atoms with Gasteiger partial charge in [-0.05, 0) is 30.5 Å². The van der Waals surface area contributed by atoms with Crippen LogP contribution in [0.25, 0.3) is 0 Å². The van der Waals surface area contributed by atoms with Gasteiger partial charge >= 0.3 is 5.97 Å². The van der Waals surface area contributed by atoms with Gasteiger partial charge in [0.05, 0.1) is 6.54 Å². The topological polar surface area (TPSA) is 209 Å². The molecule has 12 nitrogen and oxygen atoms in total. The average molecular weight is 436 g/mol. The van der Waals surface area contributed by atoms with Crippen molar-refractivity contribution >= 4 is 29.7 Å². The van der Waals surface area contributed by atoms with Crippen molar-refractivity contribution in [2.75, 3.05) is 13.1 Å². The van der Waals surface area contributed by atoms with Gasteiger partial charge in [-0.3, -0.25) is 19.4 Å². The number of nitrogens with zero attached hydrogens (tertiary/aromatic N) is 1. The molecule has 0 saturated carbocycles. The van der Waals surface area contributed by atoms with Crippen molar-refractivity contribution in [1.82, 2.24) is 16.0 Å². The molecule has 0 heterocycles. The first kappa shape index (κ1) is 25.2. The number of nitrogens with one attached hydrogen (secondary N) is 3. The number of nitrogens with two attached hydrogens (primary N) is 2. The number of carbonyl (C=O) groups excluding carboxylic acids is 3. The number of carboxylic acids is 1. The Labute approximate surface area is 179 Å². The summed E-state index contributed by atoms with van der Waals surface area (Å²) in [6.07, 6.45) is 0.646. The fraction of sp³-hybridized carbons (Fsp3) is 0.421. The van der Waals surface area contributed by atoms with Crippen LogP contribution in [0.4, 0.5) is 0 Å². The summed E-state index contributed by atoms with van der Waals surface area (Å²) in [5, 5.41) is 25.8. The molecule has 2 atom stereocenters. The van der Waals surface area contributed by atoms with Crippen molar-refractivity contribution in [1.29, 1.82) is 0 Å². The summed E-state index contributed by atoms with van der Waals surface area (Å²) < 4.78 is 0. The van der Waals surface area contributed by atoms with Crippen LogP contribution in [0.1, 0.15) is 25.3 Å². The Kier molecular flexibility index (Phi) is 10.3. The standard InChI is InChI=1S/C19H28N6O6/c1-11(26)24-14(3-2-8-22-19(20)21)17(29)23-10-16(28)25-15(18(30)31)9-12-4-6-13(27)7-5-12/h4-7,14-15,27H,2-3,8-10H2,1H3,(H,23,29)(H,24,26)(H,25,28)(H,30,31)(H4,20,21,22). The molecule has 12 heteroatoms. The fourth-order valence-electron chi connectivity index (χ4n) is 2.62. The Morgan fingerprint density at radius 2 is 1.71 bits per heavy atom. The number of benzene rings is 1. The highest BCUT2D eigenvalue weighted by Crippen LogP contribution is 2.11. The number of carbonyl (C=O) groups is 4. The van der Waals surface area contributed by atoms with Crippen LogP contribution in [0, 0.1) is 0 Å². The van der Waals surface area contributed by atoms with Gasteiger partial charge in [-0.25, -0.2) is 4.79 Å². The van der Waals surface area contributed by atoms with E-state index in [4.69, 9.17) is 11.5 Å². The monoisotopic (exact) mass is 436 g/mol. The predicted octanol–water partition coefficient (Wildman–Crippen LogP) is -1.82. The molecule has 0 fully saturated rings. The van der Waals surface area contributed by atoms with E-state index in [0.717, 1.165) is 0 Å². The number of phenols is 1. The number of phenolic OH excluding ortho intramolecular Hbond substituents is 1. The highest BCUT2D eigenvalue weighted by molar-refractivity contribution is 5.91. The van der Waals surface area contributed by atoms with Gasteiger partial charge in [0.25, 0.3) is 0 Å². The Balaban J connectivity index is 2.59. The summed E-state index contributed by atoms with van der Waals surface area (Å²) in [5.41, 5.74) is 11.1. The molecule has 31 heavy (non-hydrogen) atoms. The van der Waals surface area contributed by atoms with Gasteiger partial charge < -0.3 is 37.6 Å². The van der Waals surface area contributed by atoms with E-state index in [2.05, 4.69) is 20.9 Å². The highest BCUT2D eigenvalue weighted by atomic mass is 16.4. The van der Waals surface area contributed by atoms with E-state index in [0.29, 0.717) is 12.0 Å². The molecule has 0 radical (unpaired) electrons. The van der Waals surface area contributed by atoms with E-state index in [1.807, 2.05) is 0 Å². The number of aromatic hydroxyl groups is 1. The van der Waals surface area contributed by atoms with Gasteiger partial charge in [-0.2, -0.15) is 0 Å². The summed E-state index contributed by atoms with van der Waals surface area (Å²) in [5.74, 6) is -3.02. The quantitative estimate of drug-likeness (QED) is 0.112. The molecule has 0 aliphatic rings. The minimum atomic E-state index is -1.25. The van der Waals surface area contributed by atoms with E-state index >= 15 is 0 Å². The maximum Gasteiger partial charge on any atom is 0.326 e. The van der Waals surface area contributed by atoms with Crippen LogP contribution in [-0.4, -0.2) is 65.0 Å². The molecule has 0 spiro atoms. The number of guanidine groups is 1. The van der Waals surface area contributed by atoms with Crippen molar-refractivity contribution in [3.63, 3.8) is 0 Å². The number of aliphatic imine (C=N–C) groups is 1. The lowest BCUT2D eigenvalue weighted by Gasteiger charge is -2.18. The summed E-state index contributed by atoms with van der Waals surface area (Å²) in [4.78, 5) is 51.0. The predicted molar refractivity (Wildman–Crippen MR) is 112 cm³/mol. The third kappa shape index (κ3) is 10.5. The Morgan fingerprint density at radius 1 is 1.06 bits per heavy atom. The zero-order valence-electron chi connectivity index (χ0n) is 17.1. The zero-order valence-corrected chi connectivity index (χ0v) is 17.1. The minimum absolute atomic E-state index is 0.00535. The molecule has 2 unspecified atom stereocenters. The number of hydrogen-bond donors (Lipinski definition) is 7. The second-order valence-corrected chi connectivity index (χ2v) is 6.75. The molecule has 1 aromatic carbocycles. The number of hydrogen-bond acceptors (Lipinski definition) is 6. The van der Waals surface area contributed by atoms with Crippen LogP contribution in [0.2, 0.25) is 0 Å². The maximum absolute atomic E-state index is 12.3. The number of carboxylic acid groups (broad SMARTS) is 1. The molecule has 3 amide bonds. The highest BCUT2D eigenvalue weighted by Gasteiger charge is 2.23.